The van der Waals surface area contributed by atoms with Gasteiger partial charge in [-0.2, -0.15) is 26.3 Å². The molecule has 0 unspecified atom stereocenters. The summed E-state index contributed by atoms with van der Waals surface area (Å²) in [6, 6.07) is 68.5. The predicted molar refractivity (Wildman–Crippen MR) is 338 cm³/mol. The minimum Gasteiger partial charge on any atom is -0.309 e. The van der Waals surface area contributed by atoms with Crippen LogP contribution in [0, 0.1) is 0 Å². The van der Waals surface area contributed by atoms with Gasteiger partial charge in [0, 0.05) is 59.1 Å². The Labute approximate surface area is 492 Å². The third kappa shape index (κ3) is 8.10. The molecular weight excluding hydrogens is 1090 g/mol. The lowest BCUT2D eigenvalue weighted by molar-refractivity contribution is -0.137. The fourth-order valence-electron chi connectivity index (χ4n) is 13.7. The lowest BCUT2D eigenvalue weighted by atomic mass is 9.55. The zero-order valence-corrected chi connectivity index (χ0v) is 49.2. The minimum absolute atomic E-state index is 0.148. The second-order valence-corrected chi connectivity index (χ2v) is 27.1. The summed E-state index contributed by atoms with van der Waals surface area (Å²) in [6.45, 7) is 17.6. The molecule has 418 valence electrons. The summed E-state index contributed by atoms with van der Waals surface area (Å²) in [4.78, 5) is 4.39. The molecule has 0 radical (unpaired) electrons. The van der Waals surface area contributed by atoms with Crippen molar-refractivity contribution in [2.24, 2.45) is 0 Å². The fraction of sp³-hybridized carbons (Fsp3) is 0.189. The van der Waals surface area contributed by atoms with Crippen LogP contribution in [0.25, 0.3) is 51.5 Å². The molecule has 0 aliphatic heterocycles. The van der Waals surface area contributed by atoms with E-state index in [1.54, 1.807) is 12.1 Å². The summed E-state index contributed by atoms with van der Waals surface area (Å²) >= 11 is 2.34. The molecule has 0 saturated heterocycles. The van der Waals surface area contributed by atoms with Gasteiger partial charge in [0.15, 0.2) is 0 Å². The highest BCUT2D eigenvalue weighted by atomic mass is 32.1. The summed E-state index contributed by atoms with van der Waals surface area (Å²) in [5.41, 5.74) is 13.2. The monoisotopic (exact) mass is 1150 g/mol. The van der Waals surface area contributed by atoms with Crippen LogP contribution in [0.15, 0.2) is 206 Å². The molecule has 0 fully saturated rings. The Morgan fingerprint density at radius 1 is 0.333 bits per heavy atom. The van der Waals surface area contributed by atoms with Crippen LogP contribution in [-0.4, -0.2) is 0 Å². The summed E-state index contributed by atoms with van der Waals surface area (Å²) in [5.74, 6) is 0. The van der Waals surface area contributed by atoms with Gasteiger partial charge in [-0.05, 0) is 139 Å². The number of alkyl halides is 6. The van der Waals surface area contributed by atoms with Crippen LogP contribution in [0.5, 0.6) is 0 Å². The van der Waals surface area contributed by atoms with Crippen LogP contribution < -0.4 is 9.80 Å². The van der Waals surface area contributed by atoms with Crippen molar-refractivity contribution in [3.05, 3.63) is 262 Å². The van der Waals surface area contributed by atoms with Crippen LogP contribution in [0.4, 0.5) is 60.5 Å². The average molecular weight is 1150 g/mol. The Bertz CT molecular complexity index is 4350. The number of anilines is 6. The van der Waals surface area contributed by atoms with E-state index in [4.69, 9.17) is 0 Å². The number of rotatable bonds is 6. The van der Waals surface area contributed by atoms with Crippen molar-refractivity contribution in [3.8, 4) is 11.1 Å². The molecule has 0 saturated carbocycles. The molecule has 14 rings (SSSR count). The Morgan fingerprint density at radius 3 is 1.02 bits per heavy atom. The molecule has 2 nitrogen and oxygen atoms in total. The lowest BCUT2D eigenvalue weighted by Gasteiger charge is -2.46. The van der Waals surface area contributed by atoms with E-state index in [-0.39, 0.29) is 25.6 Å². The van der Waals surface area contributed by atoms with Gasteiger partial charge in [-0.1, -0.05) is 189 Å². The number of hydrogen-bond donors (Lipinski definition) is 0. The molecule has 84 heavy (non-hydrogen) atoms. The predicted octanol–water partition coefficient (Wildman–Crippen LogP) is 23.0. The summed E-state index contributed by atoms with van der Waals surface area (Å²) in [6.07, 6.45) is -9.10. The van der Waals surface area contributed by atoms with Crippen molar-refractivity contribution in [2.75, 3.05) is 9.80 Å². The van der Waals surface area contributed by atoms with E-state index in [2.05, 4.69) is 199 Å². The maximum atomic E-state index is 14.8. The molecule has 0 atom stereocenters. The largest absolute Gasteiger partial charge is 0.417 e. The first kappa shape index (κ1) is 53.8. The van der Waals surface area contributed by atoms with Gasteiger partial charge < -0.3 is 9.80 Å². The number of benzene rings is 10. The molecule has 10 aromatic carbocycles. The molecule has 2 heterocycles. The van der Waals surface area contributed by atoms with Crippen molar-refractivity contribution < 1.29 is 26.3 Å². The maximum Gasteiger partial charge on any atom is 0.417 e. The highest BCUT2D eigenvalue weighted by molar-refractivity contribution is 7.27. The van der Waals surface area contributed by atoms with Crippen LogP contribution >= 0.6 is 22.7 Å². The molecule has 0 bridgehead atoms. The van der Waals surface area contributed by atoms with E-state index < -0.39 is 28.9 Å². The number of fused-ring (bicyclic) bond motifs is 15. The summed E-state index contributed by atoms with van der Waals surface area (Å²) < 4.78 is 90.9. The van der Waals surface area contributed by atoms with Gasteiger partial charge in [0.2, 0.25) is 0 Å². The van der Waals surface area contributed by atoms with Crippen molar-refractivity contribution >= 4 is 97.1 Å². The van der Waals surface area contributed by atoms with E-state index in [1.165, 1.54) is 69.2 Å². The summed E-state index contributed by atoms with van der Waals surface area (Å²) in [7, 11) is 0. The Hall–Kier alpha value is -8.18. The fourth-order valence-corrected chi connectivity index (χ4v) is 16.3. The maximum absolute atomic E-state index is 14.8. The number of halogens is 6. The highest BCUT2D eigenvalue weighted by Gasteiger charge is 2.53. The molecule has 0 N–H and O–H groups in total. The topological polar surface area (TPSA) is 6.48 Å². The molecule has 2 aliphatic carbocycles. The number of hydrogen-bond acceptors (Lipinski definition) is 4. The quantitative estimate of drug-likeness (QED) is 0.153. The standard InChI is InChI=1S/C74H58F6N2S2/c1-69(2,3)43-29-33-45(34-30-43)81(63-27-15-19-51-49-17-13-25-61(73(75,76)77)65(49)83-67(51)63)47-37-39-55-53(41-47)54-42-48(38-40-56(54)72(55)59-23-11-9-21-57(59)71(7,8)58-22-10-12-24-60(58)72)82(46-35-31-44(32-36-46)70(4,5)6)64-28-16-20-52-50-18-14-26-62(74(78,79)80)66(50)84-68(52)64/h9-42H,1-8H3. The third-order valence-electron chi connectivity index (χ3n) is 17.7. The molecule has 1 spiro atoms. The molecular formula is C74H58F6N2S2. The lowest BCUT2D eigenvalue weighted by Crippen LogP contribution is -2.40. The third-order valence-corrected chi connectivity index (χ3v) is 20.3. The first-order chi connectivity index (χ1) is 40.0. The zero-order valence-electron chi connectivity index (χ0n) is 47.6. The summed E-state index contributed by atoms with van der Waals surface area (Å²) in [5, 5.41) is 2.58. The van der Waals surface area contributed by atoms with Gasteiger partial charge in [0.25, 0.3) is 0 Å². The van der Waals surface area contributed by atoms with Gasteiger partial charge in [0.05, 0.1) is 37.3 Å². The van der Waals surface area contributed by atoms with E-state index in [0.717, 1.165) is 87.7 Å². The van der Waals surface area contributed by atoms with E-state index in [1.807, 2.05) is 36.4 Å². The van der Waals surface area contributed by atoms with Crippen molar-refractivity contribution in [2.45, 2.75) is 89.4 Å². The van der Waals surface area contributed by atoms with E-state index in [9.17, 15) is 26.3 Å². The Morgan fingerprint density at radius 2 is 0.667 bits per heavy atom. The van der Waals surface area contributed by atoms with Crippen molar-refractivity contribution in [1.29, 1.82) is 0 Å². The first-order valence-corrected chi connectivity index (χ1v) is 29.9. The molecule has 2 aromatic heterocycles. The second kappa shape index (κ2) is 18.7. The zero-order chi connectivity index (χ0) is 58.6. The van der Waals surface area contributed by atoms with Gasteiger partial charge in [-0.25, -0.2) is 0 Å². The minimum atomic E-state index is -4.55. The highest BCUT2D eigenvalue weighted by Crippen LogP contribution is 2.64. The van der Waals surface area contributed by atoms with Gasteiger partial charge in [0.1, 0.15) is 0 Å². The normalized spacial score (nSPS) is 14.5. The average Bonchev–Trinajstić information content (AvgIpc) is 1.42. The van der Waals surface area contributed by atoms with Crippen LogP contribution in [0.2, 0.25) is 0 Å². The first-order valence-electron chi connectivity index (χ1n) is 28.3. The smallest absolute Gasteiger partial charge is 0.309 e. The van der Waals surface area contributed by atoms with Gasteiger partial charge in [-0.15, -0.1) is 22.7 Å². The second-order valence-electron chi connectivity index (χ2n) is 25.1. The SMILES string of the molecule is CC(C)(C)c1ccc(N(c2ccc3c(c2)-c2cc(N(c4ccc(C(C)(C)C)cc4)c4cccc5c4sc4c(C(F)(F)F)cccc45)ccc2C32c3ccccc3C(C)(C)c3ccccc32)c2cccc3c2sc2c(C(F)(F)F)cccc23)cc1. The Kier molecular flexibility index (Phi) is 12.0. The number of nitrogens with zero attached hydrogens (tertiary/aromatic N) is 2. The molecule has 2 aliphatic rings. The van der Waals surface area contributed by atoms with Crippen molar-refractivity contribution in [3.63, 3.8) is 0 Å². The van der Waals surface area contributed by atoms with E-state index in [0.29, 0.717) is 10.8 Å². The van der Waals surface area contributed by atoms with Crippen LogP contribution in [0.1, 0.15) is 111 Å². The molecule has 10 heteroatoms. The van der Waals surface area contributed by atoms with Gasteiger partial charge >= 0.3 is 12.4 Å². The molecule has 0 amide bonds. The Balaban J connectivity index is 1.07. The number of thiophene rings is 2. The van der Waals surface area contributed by atoms with Crippen LogP contribution in [0.3, 0.4) is 0 Å². The van der Waals surface area contributed by atoms with Crippen molar-refractivity contribution in [1.82, 2.24) is 0 Å². The molecule has 12 aromatic rings. The van der Waals surface area contributed by atoms with Crippen LogP contribution in [-0.2, 0) is 34.0 Å². The van der Waals surface area contributed by atoms with E-state index >= 15 is 0 Å². The van der Waals surface area contributed by atoms with Gasteiger partial charge in [-0.3, -0.25) is 0 Å².